The lowest BCUT2D eigenvalue weighted by Crippen LogP contribution is -2.40. The van der Waals surface area contributed by atoms with Crippen molar-refractivity contribution in [1.29, 1.82) is 0 Å². The maximum atomic E-state index is 12.5. The van der Waals surface area contributed by atoms with Gasteiger partial charge >= 0.3 is 0 Å². The van der Waals surface area contributed by atoms with Crippen LogP contribution in [-0.4, -0.2) is 47.3 Å². The third-order valence-corrected chi connectivity index (χ3v) is 4.28. The topological polar surface area (TPSA) is 50.2 Å². The maximum absolute atomic E-state index is 12.5. The van der Waals surface area contributed by atoms with Crippen LogP contribution in [0.15, 0.2) is 42.7 Å². The summed E-state index contributed by atoms with van der Waals surface area (Å²) in [4.78, 5) is 14.5. The van der Waals surface area contributed by atoms with Crippen molar-refractivity contribution in [2.24, 2.45) is 5.92 Å². The Morgan fingerprint density at radius 1 is 1.27 bits per heavy atom. The van der Waals surface area contributed by atoms with Gasteiger partial charge < -0.3 is 10.2 Å². The van der Waals surface area contributed by atoms with Gasteiger partial charge in [0.2, 0.25) is 0 Å². The molecular formula is C17H22N4O. The molecule has 116 valence electrons. The van der Waals surface area contributed by atoms with Crippen LogP contribution in [0, 0.1) is 5.92 Å². The van der Waals surface area contributed by atoms with Crippen LogP contribution in [0.1, 0.15) is 23.2 Å². The summed E-state index contributed by atoms with van der Waals surface area (Å²) in [5.41, 5.74) is 1.72. The first-order chi connectivity index (χ1) is 10.8. The van der Waals surface area contributed by atoms with Crippen molar-refractivity contribution in [2.45, 2.75) is 12.8 Å². The van der Waals surface area contributed by atoms with Crippen molar-refractivity contribution < 1.29 is 4.79 Å². The van der Waals surface area contributed by atoms with Crippen LogP contribution in [-0.2, 0) is 0 Å². The van der Waals surface area contributed by atoms with Crippen LogP contribution in [0.25, 0.3) is 5.69 Å². The Morgan fingerprint density at radius 3 is 2.59 bits per heavy atom. The molecule has 1 aliphatic heterocycles. The molecule has 0 bridgehead atoms. The molecule has 0 unspecified atom stereocenters. The number of carbonyl (C=O) groups excluding carboxylic acids is 1. The standard InChI is InChI=1S/C17H22N4O/c1-18-13-14-7-11-20(12-8-14)17(22)15-3-5-16(6-4-15)21-10-2-9-19-21/h2-6,9-10,14,18H,7-8,11-13H2,1H3. The van der Waals surface area contributed by atoms with Crippen LogP contribution >= 0.6 is 0 Å². The number of nitrogens with one attached hydrogen (secondary N) is 1. The molecule has 1 saturated heterocycles. The molecule has 2 heterocycles. The summed E-state index contributed by atoms with van der Waals surface area (Å²) in [6.07, 6.45) is 5.80. The molecule has 1 fully saturated rings. The van der Waals surface area contributed by atoms with Crippen molar-refractivity contribution in [2.75, 3.05) is 26.7 Å². The van der Waals surface area contributed by atoms with E-state index in [0.717, 1.165) is 43.7 Å². The van der Waals surface area contributed by atoms with Crippen LogP contribution < -0.4 is 5.32 Å². The molecule has 0 aliphatic carbocycles. The minimum absolute atomic E-state index is 0.134. The number of hydrogen-bond acceptors (Lipinski definition) is 3. The van der Waals surface area contributed by atoms with Crippen molar-refractivity contribution in [3.05, 3.63) is 48.3 Å². The fraction of sp³-hybridized carbons (Fsp3) is 0.412. The summed E-state index contributed by atoms with van der Waals surface area (Å²) >= 11 is 0. The minimum atomic E-state index is 0.134. The molecule has 2 aromatic rings. The largest absolute Gasteiger partial charge is 0.339 e. The predicted octanol–water partition coefficient (Wildman–Crippen LogP) is 1.94. The molecule has 1 aromatic carbocycles. The first-order valence-corrected chi connectivity index (χ1v) is 7.82. The van der Waals surface area contributed by atoms with Gasteiger partial charge in [-0.15, -0.1) is 0 Å². The molecule has 0 spiro atoms. The Hall–Kier alpha value is -2.14. The van der Waals surface area contributed by atoms with E-state index in [4.69, 9.17) is 0 Å². The molecule has 0 saturated carbocycles. The van der Waals surface area contributed by atoms with Crippen LogP contribution in [0.3, 0.4) is 0 Å². The molecule has 5 nitrogen and oxygen atoms in total. The van der Waals surface area contributed by atoms with Crippen molar-refractivity contribution >= 4 is 5.91 Å². The highest BCUT2D eigenvalue weighted by Crippen LogP contribution is 2.19. The summed E-state index contributed by atoms with van der Waals surface area (Å²) in [6, 6.07) is 9.54. The second-order valence-corrected chi connectivity index (χ2v) is 5.79. The molecule has 1 aliphatic rings. The highest BCUT2D eigenvalue weighted by molar-refractivity contribution is 5.94. The second kappa shape index (κ2) is 6.75. The number of piperidine rings is 1. The average Bonchev–Trinajstić information content (AvgIpc) is 3.10. The van der Waals surface area contributed by atoms with Gasteiger partial charge in [-0.25, -0.2) is 4.68 Å². The SMILES string of the molecule is CNCC1CCN(C(=O)c2ccc(-n3cccn3)cc2)CC1. The van der Waals surface area contributed by atoms with Gasteiger partial charge in [0, 0.05) is 31.0 Å². The highest BCUT2D eigenvalue weighted by Gasteiger charge is 2.23. The number of carbonyl (C=O) groups is 1. The van der Waals surface area contributed by atoms with E-state index < -0.39 is 0 Å². The van der Waals surface area contributed by atoms with Gasteiger partial charge in [0.15, 0.2) is 0 Å². The van der Waals surface area contributed by atoms with E-state index >= 15 is 0 Å². The fourth-order valence-corrected chi connectivity index (χ4v) is 2.99. The van der Waals surface area contributed by atoms with E-state index in [1.165, 1.54) is 0 Å². The van der Waals surface area contributed by atoms with Gasteiger partial charge in [0.1, 0.15) is 0 Å². The maximum Gasteiger partial charge on any atom is 0.253 e. The first-order valence-electron chi connectivity index (χ1n) is 7.82. The van der Waals surface area contributed by atoms with E-state index in [9.17, 15) is 4.79 Å². The van der Waals surface area contributed by atoms with E-state index in [1.807, 2.05) is 48.5 Å². The van der Waals surface area contributed by atoms with Gasteiger partial charge in [-0.05, 0) is 62.7 Å². The van der Waals surface area contributed by atoms with Gasteiger partial charge in [0.25, 0.3) is 5.91 Å². The molecule has 0 radical (unpaired) electrons. The molecule has 22 heavy (non-hydrogen) atoms. The quantitative estimate of drug-likeness (QED) is 0.938. The number of benzene rings is 1. The van der Waals surface area contributed by atoms with E-state index in [-0.39, 0.29) is 5.91 Å². The van der Waals surface area contributed by atoms with Crippen LogP contribution in [0.4, 0.5) is 0 Å². The Bertz CT molecular complexity index is 598. The smallest absolute Gasteiger partial charge is 0.253 e. The van der Waals surface area contributed by atoms with Crippen molar-refractivity contribution in [3.63, 3.8) is 0 Å². The normalized spacial score (nSPS) is 16.0. The predicted molar refractivity (Wildman–Crippen MR) is 86.1 cm³/mol. The molecule has 1 aromatic heterocycles. The lowest BCUT2D eigenvalue weighted by Gasteiger charge is -2.32. The van der Waals surface area contributed by atoms with E-state index in [0.29, 0.717) is 5.92 Å². The molecule has 5 heteroatoms. The number of rotatable bonds is 4. The van der Waals surface area contributed by atoms with E-state index in [1.54, 1.807) is 10.9 Å². The second-order valence-electron chi connectivity index (χ2n) is 5.79. The van der Waals surface area contributed by atoms with Crippen LogP contribution in [0.2, 0.25) is 0 Å². The Kier molecular flexibility index (Phi) is 4.53. The average molecular weight is 298 g/mol. The fourth-order valence-electron chi connectivity index (χ4n) is 2.99. The molecule has 3 rings (SSSR count). The summed E-state index contributed by atoms with van der Waals surface area (Å²) in [7, 11) is 1.98. The van der Waals surface area contributed by atoms with E-state index in [2.05, 4.69) is 10.4 Å². The summed E-state index contributed by atoms with van der Waals surface area (Å²) in [6.45, 7) is 2.75. The van der Waals surface area contributed by atoms with Gasteiger partial charge in [0.05, 0.1) is 5.69 Å². The number of hydrogen-bond donors (Lipinski definition) is 1. The third kappa shape index (κ3) is 3.20. The summed E-state index contributed by atoms with van der Waals surface area (Å²) in [5.74, 6) is 0.825. The molecular weight excluding hydrogens is 276 g/mol. The highest BCUT2D eigenvalue weighted by atomic mass is 16.2. The lowest BCUT2D eigenvalue weighted by atomic mass is 9.96. The number of amides is 1. The third-order valence-electron chi connectivity index (χ3n) is 4.28. The van der Waals surface area contributed by atoms with Crippen molar-refractivity contribution in [3.8, 4) is 5.69 Å². The zero-order valence-electron chi connectivity index (χ0n) is 12.9. The Labute approximate surface area is 130 Å². The zero-order chi connectivity index (χ0) is 15.4. The van der Waals surface area contributed by atoms with Gasteiger partial charge in [-0.3, -0.25) is 4.79 Å². The van der Waals surface area contributed by atoms with Gasteiger partial charge in [-0.1, -0.05) is 0 Å². The van der Waals surface area contributed by atoms with Crippen LogP contribution in [0.5, 0.6) is 0 Å². The molecule has 0 atom stereocenters. The lowest BCUT2D eigenvalue weighted by molar-refractivity contribution is 0.0691. The number of aromatic nitrogens is 2. The summed E-state index contributed by atoms with van der Waals surface area (Å²) in [5, 5.41) is 7.41. The number of nitrogens with zero attached hydrogens (tertiary/aromatic N) is 3. The van der Waals surface area contributed by atoms with Crippen molar-refractivity contribution in [1.82, 2.24) is 20.0 Å². The number of likely N-dealkylation sites (tertiary alicyclic amines) is 1. The first kappa shape index (κ1) is 14.8. The minimum Gasteiger partial charge on any atom is -0.339 e. The molecule has 1 N–H and O–H groups in total. The zero-order valence-corrected chi connectivity index (χ0v) is 12.9. The summed E-state index contributed by atoms with van der Waals surface area (Å²) < 4.78 is 1.79. The van der Waals surface area contributed by atoms with Gasteiger partial charge in [-0.2, -0.15) is 5.10 Å². The Balaban J connectivity index is 1.63. The molecule has 1 amide bonds. The Morgan fingerprint density at radius 2 is 2.00 bits per heavy atom. The monoisotopic (exact) mass is 298 g/mol.